The molecule has 162 valence electrons. The van der Waals surface area contributed by atoms with E-state index in [-0.39, 0.29) is 5.91 Å². The molecule has 0 saturated heterocycles. The molecule has 1 aromatic heterocycles. The van der Waals surface area contributed by atoms with E-state index in [1.807, 2.05) is 0 Å². The third-order valence-corrected chi connectivity index (χ3v) is 6.59. The largest absolute Gasteiger partial charge is 0.323 e. The number of carbonyl (C=O) groups is 1. The summed E-state index contributed by atoms with van der Waals surface area (Å²) in [4.78, 5) is 12.5. The highest BCUT2D eigenvalue weighted by Gasteiger charge is 2.40. The Balaban J connectivity index is 1.52. The Morgan fingerprint density at radius 2 is 1.63 bits per heavy atom. The number of aryl methyl sites for hydroxylation is 1. The Morgan fingerprint density at radius 3 is 2.20 bits per heavy atom. The van der Waals surface area contributed by atoms with Crippen LogP contribution in [0.1, 0.15) is 49.1 Å². The highest BCUT2D eigenvalue weighted by molar-refractivity contribution is 5.92. The molecule has 2 aromatic rings. The molecular weight excluding hydrogens is 405 g/mol. The smallest absolute Gasteiger partial charge is 0.224 e. The molecule has 0 aliphatic heterocycles. The molecule has 0 radical (unpaired) electrons. The van der Waals surface area contributed by atoms with E-state index in [0.29, 0.717) is 35.3 Å². The number of fused-ring (bicyclic) bond motifs is 2. The lowest BCUT2D eigenvalue weighted by molar-refractivity contribution is -0.117. The Hall–Kier alpha value is -2.45. The molecule has 9 heteroatoms. The number of carbonyl (C=O) groups excluding carboxylic acids is 1. The topological polar surface area (TPSA) is 46.9 Å². The lowest BCUT2D eigenvalue weighted by Crippen LogP contribution is -2.21. The first-order chi connectivity index (χ1) is 14.2. The van der Waals surface area contributed by atoms with Crippen molar-refractivity contribution in [2.75, 3.05) is 5.32 Å². The number of halogens is 5. The number of nitrogens with one attached hydrogen (secondary N) is 1. The summed E-state index contributed by atoms with van der Waals surface area (Å²) >= 11 is 0. The zero-order chi connectivity index (χ0) is 21.7. The lowest BCUT2D eigenvalue weighted by Gasteiger charge is -2.21. The second-order valence-corrected chi connectivity index (χ2v) is 8.44. The van der Waals surface area contributed by atoms with E-state index < -0.39 is 41.2 Å². The standard InChI is InChI=1S/C21H22F5N3O/c1-9-21(27-15(30)7-13-6-11-3-4-12(13)5-11)10(2)29(28-9)8-14-16(22)18(24)20(26)19(25)17(14)23/h11-13H,3-8H2,1-2H3,(H,27,30). The van der Waals surface area contributed by atoms with Gasteiger partial charge in [0.05, 0.1) is 29.2 Å². The van der Waals surface area contributed by atoms with Gasteiger partial charge >= 0.3 is 0 Å². The Kier molecular flexibility index (Phi) is 5.32. The molecule has 3 atom stereocenters. The molecule has 2 aliphatic rings. The minimum atomic E-state index is -2.20. The molecule has 1 heterocycles. The number of benzene rings is 1. The first kappa shape index (κ1) is 20.8. The van der Waals surface area contributed by atoms with Crippen LogP contribution in [0.3, 0.4) is 0 Å². The van der Waals surface area contributed by atoms with Gasteiger partial charge in [-0.1, -0.05) is 6.42 Å². The van der Waals surface area contributed by atoms with Crippen molar-refractivity contribution in [2.45, 2.75) is 52.5 Å². The summed E-state index contributed by atoms with van der Waals surface area (Å²) in [7, 11) is 0. The lowest BCUT2D eigenvalue weighted by atomic mass is 9.86. The normalized spacial score (nSPS) is 22.7. The third kappa shape index (κ3) is 3.48. The average molecular weight is 427 g/mol. The minimum Gasteiger partial charge on any atom is -0.323 e. The summed E-state index contributed by atoms with van der Waals surface area (Å²) in [5.41, 5.74) is 0.194. The molecule has 30 heavy (non-hydrogen) atoms. The molecule has 1 amide bonds. The van der Waals surface area contributed by atoms with Crippen molar-refractivity contribution in [3.63, 3.8) is 0 Å². The monoisotopic (exact) mass is 427 g/mol. The van der Waals surface area contributed by atoms with E-state index in [1.54, 1.807) is 13.8 Å². The SMILES string of the molecule is Cc1nn(Cc2c(F)c(F)c(F)c(F)c2F)c(C)c1NC(=O)CC1CC2CCC1C2. The summed E-state index contributed by atoms with van der Waals surface area (Å²) in [5.74, 6) is -8.44. The van der Waals surface area contributed by atoms with E-state index in [0.717, 1.165) is 17.0 Å². The van der Waals surface area contributed by atoms with Crippen molar-refractivity contribution in [3.05, 3.63) is 46.0 Å². The molecule has 0 spiro atoms. The highest BCUT2D eigenvalue weighted by Crippen LogP contribution is 2.49. The molecule has 1 N–H and O–H groups in total. The number of anilines is 1. The van der Waals surface area contributed by atoms with Crippen LogP contribution >= 0.6 is 0 Å². The second kappa shape index (κ2) is 7.67. The minimum absolute atomic E-state index is 0.158. The molecule has 2 bridgehead atoms. The quantitative estimate of drug-likeness (QED) is 0.414. The van der Waals surface area contributed by atoms with Crippen LogP contribution in [0.4, 0.5) is 27.6 Å². The summed E-state index contributed by atoms with van der Waals surface area (Å²) in [6.45, 7) is 2.52. The Bertz CT molecular complexity index is 990. The predicted molar refractivity (Wildman–Crippen MR) is 99.2 cm³/mol. The molecule has 2 fully saturated rings. The van der Waals surface area contributed by atoms with Crippen molar-refractivity contribution in [2.24, 2.45) is 17.8 Å². The van der Waals surface area contributed by atoms with Gasteiger partial charge in [0.2, 0.25) is 11.7 Å². The van der Waals surface area contributed by atoms with Crippen LogP contribution in [0.25, 0.3) is 0 Å². The first-order valence-electron chi connectivity index (χ1n) is 10.0. The van der Waals surface area contributed by atoms with Gasteiger partial charge in [0, 0.05) is 6.42 Å². The Morgan fingerprint density at radius 1 is 1.00 bits per heavy atom. The van der Waals surface area contributed by atoms with E-state index in [2.05, 4.69) is 10.4 Å². The molecule has 3 unspecified atom stereocenters. The fourth-order valence-electron chi connectivity index (χ4n) is 5.03. The van der Waals surface area contributed by atoms with Crippen LogP contribution in [0.2, 0.25) is 0 Å². The zero-order valence-electron chi connectivity index (χ0n) is 16.7. The van der Waals surface area contributed by atoms with Gasteiger partial charge in [-0.15, -0.1) is 0 Å². The second-order valence-electron chi connectivity index (χ2n) is 8.44. The van der Waals surface area contributed by atoms with Gasteiger partial charge in [-0.05, 0) is 50.9 Å². The fraction of sp³-hybridized carbons (Fsp3) is 0.524. The van der Waals surface area contributed by atoms with E-state index in [4.69, 9.17) is 0 Å². The van der Waals surface area contributed by atoms with E-state index >= 15 is 0 Å². The van der Waals surface area contributed by atoms with Gasteiger partial charge in [-0.2, -0.15) is 5.10 Å². The summed E-state index contributed by atoms with van der Waals surface area (Å²) in [5, 5.41) is 6.94. The summed E-state index contributed by atoms with van der Waals surface area (Å²) in [6.07, 6.45) is 5.07. The number of hydrogen-bond acceptors (Lipinski definition) is 2. The van der Waals surface area contributed by atoms with Gasteiger partial charge in [0.25, 0.3) is 0 Å². The van der Waals surface area contributed by atoms with Crippen LogP contribution in [-0.4, -0.2) is 15.7 Å². The van der Waals surface area contributed by atoms with Crippen molar-refractivity contribution >= 4 is 11.6 Å². The number of hydrogen-bond donors (Lipinski definition) is 1. The number of rotatable bonds is 5. The Labute approximate surface area is 170 Å². The van der Waals surface area contributed by atoms with Crippen LogP contribution in [0.5, 0.6) is 0 Å². The molecule has 1 aromatic carbocycles. The van der Waals surface area contributed by atoms with Crippen molar-refractivity contribution in [1.82, 2.24) is 9.78 Å². The molecule has 4 rings (SSSR count). The third-order valence-electron chi connectivity index (χ3n) is 6.59. The van der Waals surface area contributed by atoms with Crippen molar-refractivity contribution < 1.29 is 26.7 Å². The van der Waals surface area contributed by atoms with E-state index in [1.165, 1.54) is 19.3 Å². The molecule has 2 aliphatic carbocycles. The molecule has 2 saturated carbocycles. The average Bonchev–Trinajstić information content (AvgIpc) is 3.39. The predicted octanol–water partition coefficient (Wildman–Crippen LogP) is 5.01. The summed E-state index contributed by atoms with van der Waals surface area (Å²) < 4.78 is 69.3. The number of aromatic nitrogens is 2. The van der Waals surface area contributed by atoms with Crippen molar-refractivity contribution in [1.29, 1.82) is 0 Å². The van der Waals surface area contributed by atoms with Crippen LogP contribution in [0.15, 0.2) is 0 Å². The van der Waals surface area contributed by atoms with Crippen LogP contribution in [-0.2, 0) is 11.3 Å². The van der Waals surface area contributed by atoms with Gasteiger partial charge in [-0.3, -0.25) is 9.48 Å². The fourth-order valence-corrected chi connectivity index (χ4v) is 5.03. The number of nitrogens with zero attached hydrogens (tertiary/aromatic N) is 2. The van der Waals surface area contributed by atoms with Gasteiger partial charge in [0.1, 0.15) is 0 Å². The zero-order valence-corrected chi connectivity index (χ0v) is 16.7. The van der Waals surface area contributed by atoms with Crippen LogP contribution < -0.4 is 5.32 Å². The van der Waals surface area contributed by atoms with Crippen molar-refractivity contribution in [3.8, 4) is 0 Å². The van der Waals surface area contributed by atoms with E-state index in [9.17, 15) is 26.7 Å². The highest BCUT2D eigenvalue weighted by atomic mass is 19.2. The maximum Gasteiger partial charge on any atom is 0.224 e. The maximum atomic E-state index is 14.0. The molecular formula is C21H22F5N3O. The molecule has 4 nitrogen and oxygen atoms in total. The summed E-state index contributed by atoms with van der Waals surface area (Å²) in [6, 6.07) is 0. The maximum absolute atomic E-state index is 14.0. The van der Waals surface area contributed by atoms with Gasteiger partial charge < -0.3 is 5.32 Å². The van der Waals surface area contributed by atoms with Gasteiger partial charge in [-0.25, -0.2) is 22.0 Å². The van der Waals surface area contributed by atoms with Gasteiger partial charge in [0.15, 0.2) is 23.3 Å². The first-order valence-corrected chi connectivity index (χ1v) is 10.0. The number of amides is 1. The van der Waals surface area contributed by atoms with Crippen LogP contribution in [0, 0.1) is 60.7 Å².